The van der Waals surface area contributed by atoms with Gasteiger partial charge in [-0.25, -0.2) is 0 Å². The minimum absolute atomic E-state index is 0.833. The van der Waals surface area contributed by atoms with Crippen LogP contribution in [0, 0.1) is 0 Å². The smallest absolute Gasteiger partial charge is 0.159 e. The highest BCUT2D eigenvalue weighted by Crippen LogP contribution is 2.43. The van der Waals surface area contributed by atoms with Crippen molar-refractivity contribution in [3.8, 4) is 16.8 Å². The summed E-state index contributed by atoms with van der Waals surface area (Å²) in [4.78, 5) is 0. The highest BCUT2D eigenvalue weighted by Gasteiger charge is 2.18. The van der Waals surface area contributed by atoms with Crippen molar-refractivity contribution in [1.29, 1.82) is 0 Å². The molecule has 0 spiro atoms. The van der Waals surface area contributed by atoms with Crippen LogP contribution in [0.15, 0.2) is 160 Å². The molecule has 3 heterocycles. The first kappa shape index (κ1) is 25.1. The van der Waals surface area contributed by atoms with E-state index >= 15 is 0 Å². The second-order valence-corrected chi connectivity index (χ2v) is 11.8. The van der Waals surface area contributed by atoms with E-state index in [0.29, 0.717) is 0 Å². The Kier molecular flexibility index (Phi) is 5.25. The molecule has 0 radical (unpaired) electrons. The first-order valence-corrected chi connectivity index (χ1v) is 15.5. The number of rotatable bonds is 4. The normalized spacial score (nSPS) is 11.9. The zero-order valence-corrected chi connectivity index (χ0v) is 24.7. The van der Waals surface area contributed by atoms with E-state index in [9.17, 15) is 0 Å². The number of para-hydroxylation sites is 4. The first-order chi connectivity index (χ1) is 22.8. The summed E-state index contributed by atoms with van der Waals surface area (Å²) in [5.41, 5.74) is 11.1. The number of hydrogen-bond donors (Lipinski definition) is 1. The number of aromatic nitrogens is 1. The van der Waals surface area contributed by atoms with E-state index in [1.165, 1.54) is 16.3 Å². The molecule has 0 amide bonds. The SMILES string of the molecule is c1ccc(-n2c3ccccc3c3ccc(Nc4ccc(-c5ccc6oc7ccccc7c6c5)c5c4oc4ccccc45)cc32)cc1. The molecular weight excluding hydrogens is 564 g/mol. The number of furan rings is 2. The van der Waals surface area contributed by atoms with Gasteiger partial charge in [-0.05, 0) is 71.8 Å². The molecule has 0 aliphatic carbocycles. The van der Waals surface area contributed by atoms with E-state index in [1.54, 1.807) is 0 Å². The van der Waals surface area contributed by atoms with Crippen LogP contribution in [-0.4, -0.2) is 4.57 Å². The number of nitrogens with one attached hydrogen (secondary N) is 1. The molecule has 4 heteroatoms. The molecule has 4 nitrogen and oxygen atoms in total. The van der Waals surface area contributed by atoms with Gasteiger partial charge in [0.2, 0.25) is 0 Å². The van der Waals surface area contributed by atoms with Gasteiger partial charge in [-0.2, -0.15) is 0 Å². The highest BCUT2D eigenvalue weighted by atomic mass is 16.3. The quantitative estimate of drug-likeness (QED) is 0.222. The Balaban J connectivity index is 1.15. The molecule has 10 aromatic rings. The Bertz CT molecular complexity index is 2780. The molecule has 7 aromatic carbocycles. The van der Waals surface area contributed by atoms with Crippen LogP contribution in [-0.2, 0) is 0 Å². The van der Waals surface area contributed by atoms with Crippen LogP contribution in [0.5, 0.6) is 0 Å². The van der Waals surface area contributed by atoms with E-state index < -0.39 is 0 Å². The van der Waals surface area contributed by atoms with Crippen LogP contribution < -0.4 is 5.32 Å². The van der Waals surface area contributed by atoms with Crippen LogP contribution in [0.3, 0.4) is 0 Å². The number of nitrogens with zero attached hydrogens (tertiary/aromatic N) is 1. The van der Waals surface area contributed by atoms with Gasteiger partial charge in [0, 0.05) is 43.7 Å². The van der Waals surface area contributed by atoms with Gasteiger partial charge in [-0.1, -0.05) is 91.0 Å². The molecule has 0 saturated carbocycles. The van der Waals surface area contributed by atoms with E-state index in [2.05, 4.69) is 137 Å². The molecule has 46 heavy (non-hydrogen) atoms. The molecule has 10 rings (SSSR count). The second kappa shape index (κ2) is 9.62. The third-order valence-corrected chi connectivity index (χ3v) is 9.18. The van der Waals surface area contributed by atoms with Crippen molar-refractivity contribution in [2.24, 2.45) is 0 Å². The molecule has 0 aliphatic heterocycles. The van der Waals surface area contributed by atoms with Crippen molar-refractivity contribution in [1.82, 2.24) is 4.57 Å². The van der Waals surface area contributed by atoms with Crippen LogP contribution in [0.2, 0.25) is 0 Å². The molecule has 0 fully saturated rings. The van der Waals surface area contributed by atoms with E-state index in [4.69, 9.17) is 8.83 Å². The summed E-state index contributed by atoms with van der Waals surface area (Å²) in [6, 6.07) is 53.1. The molecule has 1 N–H and O–H groups in total. The zero-order valence-electron chi connectivity index (χ0n) is 24.7. The molecule has 0 unspecified atom stereocenters. The lowest BCUT2D eigenvalue weighted by Gasteiger charge is -2.12. The predicted octanol–water partition coefficient (Wildman–Crippen LogP) is 12.0. The summed E-state index contributed by atoms with van der Waals surface area (Å²) in [6.07, 6.45) is 0. The standard InChI is InChI=1S/C42H26N2O2/c1-2-10-28(11-3-1)44-36-15-7-4-12-30(36)31-20-19-27(25-37(31)44)43-35-22-21-29(41-33-14-6-9-17-39(33)46-42(35)41)26-18-23-40-34(24-26)32-13-5-8-16-38(32)45-40/h1-25,43H. The maximum absolute atomic E-state index is 6.60. The van der Waals surface area contributed by atoms with Crippen molar-refractivity contribution in [2.45, 2.75) is 0 Å². The minimum atomic E-state index is 0.833. The second-order valence-electron chi connectivity index (χ2n) is 11.8. The summed E-state index contributed by atoms with van der Waals surface area (Å²) in [6.45, 7) is 0. The van der Waals surface area contributed by atoms with Crippen LogP contribution in [0.25, 0.3) is 82.5 Å². The summed E-state index contributed by atoms with van der Waals surface area (Å²) < 4.78 is 15.1. The molecule has 3 aromatic heterocycles. The van der Waals surface area contributed by atoms with Gasteiger partial charge in [-0.15, -0.1) is 0 Å². The summed E-state index contributed by atoms with van der Waals surface area (Å²) in [7, 11) is 0. The molecule has 0 saturated heterocycles. The highest BCUT2D eigenvalue weighted by molar-refractivity contribution is 6.17. The van der Waals surface area contributed by atoms with Gasteiger partial charge in [0.1, 0.15) is 16.7 Å². The fourth-order valence-electron chi connectivity index (χ4n) is 7.12. The lowest BCUT2D eigenvalue weighted by molar-refractivity contribution is 0.669. The van der Waals surface area contributed by atoms with Crippen LogP contribution in [0.4, 0.5) is 11.4 Å². The van der Waals surface area contributed by atoms with Crippen molar-refractivity contribution in [3.05, 3.63) is 152 Å². The lowest BCUT2D eigenvalue weighted by Crippen LogP contribution is -1.95. The van der Waals surface area contributed by atoms with Gasteiger partial charge in [0.15, 0.2) is 5.58 Å². The Morgan fingerprint density at radius 1 is 0.457 bits per heavy atom. The maximum atomic E-state index is 6.60. The first-order valence-electron chi connectivity index (χ1n) is 15.5. The van der Waals surface area contributed by atoms with Gasteiger partial charge >= 0.3 is 0 Å². The minimum Gasteiger partial charge on any atom is -0.456 e. The van der Waals surface area contributed by atoms with E-state index in [-0.39, 0.29) is 0 Å². The number of fused-ring (bicyclic) bond motifs is 9. The Hall–Kier alpha value is -6.26. The van der Waals surface area contributed by atoms with Gasteiger partial charge in [0.25, 0.3) is 0 Å². The van der Waals surface area contributed by atoms with E-state index in [1.807, 2.05) is 24.3 Å². The van der Waals surface area contributed by atoms with Crippen LogP contribution >= 0.6 is 0 Å². The average molecular weight is 591 g/mol. The molecular formula is C42H26N2O2. The molecule has 0 atom stereocenters. The van der Waals surface area contributed by atoms with E-state index in [0.717, 1.165) is 77.6 Å². The number of benzene rings is 7. The lowest BCUT2D eigenvalue weighted by atomic mass is 9.97. The zero-order chi connectivity index (χ0) is 30.2. The maximum Gasteiger partial charge on any atom is 0.159 e. The van der Waals surface area contributed by atoms with Crippen molar-refractivity contribution in [3.63, 3.8) is 0 Å². The fourth-order valence-corrected chi connectivity index (χ4v) is 7.12. The summed E-state index contributed by atoms with van der Waals surface area (Å²) in [5.74, 6) is 0. The summed E-state index contributed by atoms with van der Waals surface area (Å²) in [5, 5.41) is 10.6. The van der Waals surface area contributed by atoms with Crippen molar-refractivity contribution < 1.29 is 8.83 Å². The predicted molar refractivity (Wildman–Crippen MR) is 190 cm³/mol. The van der Waals surface area contributed by atoms with Crippen molar-refractivity contribution >= 4 is 77.1 Å². The Labute approximate surface area is 263 Å². The monoisotopic (exact) mass is 590 g/mol. The third kappa shape index (κ3) is 3.67. The Morgan fingerprint density at radius 2 is 1.15 bits per heavy atom. The third-order valence-electron chi connectivity index (χ3n) is 9.18. The van der Waals surface area contributed by atoms with Crippen LogP contribution in [0.1, 0.15) is 0 Å². The largest absolute Gasteiger partial charge is 0.456 e. The number of anilines is 2. The average Bonchev–Trinajstić information content (AvgIpc) is 3.78. The van der Waals surface area contributed by atoms with Crippen molar-refractivity contribution in [2.75, 3.05) is 5.32 Å². The molecule has 0 bridgehead atoms. The molecule has 0 aliphatic rings. The van der Waals surface area contributed by atoms with Gasteiger partial charge in [0.05, 0.1) is 16.7 Å². The molecule has 216 valence electrons. The topological polar surface area (TPSA) is 43.2 Å². The fraction of sp³-hybridized carbons (Fsp3) is 0. The van der Waals surface area contributed by atoms with Gasteiger partial charge < -0.3 is 18.7 Å². The van der Waals surface area contributed by atoms with Gasteiger partial charge in [-0.3, -0.25) is 0 Å². The number of hydrogen-bond acceptors (Lipinski definition) is 3. The summed E-state index contributed by atoms with van der Waals surface area (Å²) >= 11 is 0. The Morgan fingerprint density at radius 3 is 2.02 bits per heavy atom.